The van der Waals surface area contributed by atoms with Crippen molar-refractivity contribution < 1.29 is 17.9 Å². The maximum absolute atomic E-state index is 12.2. The lowest BCUT2D eigenvalue weighted by atomic mass is 10.1. The van der Waals surface area contributed by atoms with Gasteiger partial charge in [-0.15, -0.1) is 0 Å². The number of nitrogens with one attached hydrogen (secondary N) is 1. The number of ether oxygens (including phenoxy) is 2. The van der Waals surface area contributed by atoms with Gasteiger partial charge in [-0.3, -0.25) is 9.89 Å². The van der Waals surface area contributed by atoms with Crippen molar-refractivity contribution in [1.29, 1.82) is 0 Å². The molecule has 0 radical (unpaired) electrons. The smallest absolute Gasteiger partial charge is 0.267 e. The first kappa shape index (κ1) is 15.7. The van der Waals surface area contributed by atoms with Crippen LogP contribution in [-0.4, -0.2) is 43.9 Å². The number of H-pyrrole nitrogens is 1. The van der Waals surface area contributed by atoms with Gasteiger partial charge in [-0.1, -0.05) is 0 Å². The van der Waals surface area contributed by atoms with Crippen LogP contribution in [0.4, 0.5) is 0 Å². The summed E-state index contributed by atoms with van der Waals surface area (Å²) in [7, 11) is 0.0409. The Morgan fingerprint density at radius 1 is 1.17 bits per heavy atom. The number of methoxy groups -OCH3 is 2. The quantitative estimate of drug-likeness (QED) is 0.905. The molecule has 124 valence electrons. The van der Waals surface area contributed by atoms with Gasteiger partial charge in [0.1, 0.15) is 0 Å². The number of aromatic amines is 1. The number of hydrogen-bond donors (Lipinski definition) is 1. The van der Waals surface area contributed by atoms with Gasteiger partial charge in [0.15, 0.2) is 21.3 Å². The number of aromatic nitrogens is 2. The van der Waals surface area contributed by atoms with Gasteiger partial charge in [0.05, 0.1) is 37.5 Å². The normalized spacial score (nSPS) is 19.7. The van der Waals surface area contributed by atoms with E-state index in [1.165, 1.54) is 10.7 Å². The molecule has 3 rings (SSSR count). The van der Waals surface area contributed by atoms with E-state index in [4.69, 9.17) is 9.47 Å². The number of sulfone groups is 1. The highest BCUT2D eigenvalue weighted by Crippen LogP contribution is 2.31. The molecule has 7 nitrogen and oxygen atoms in total. The summed E-state index contributed by atoms with van der Waals surface area (Å²) in [6, 6.07) is 6.46. The molecular formula is C15H18N2O5S. The summed E-state index contributed by atoms with van der Waals surface area (Å²) >= 11 is 0. The molecule has 1 saturated heterocycles. The topological polar surface area (TPSA) is 90.4 Å². The molecule has 1 atom stereocenters. The van der Waals surface area contributed by atoms with E-state index in [1.54, 1.807) is 26.4 Å². The Kier molecular flexibility index (Phi) is 3.93. The summed E-state index contributed by atoms with van der Waals surface area (Å²) in [6.07, 6.45) is 0.453. The lowest BCUT2D eigenvalue weighted by molar-refractivity contribution is 0.355. The number of nitrogens with zero attached hydrogens (tertiary/aromatic N) is 1. The van der Waals surface area contributed by atoms with Crippen molar-refractivity contribution in [2.45, 2.75) is 12.5 Å². The molecule has 1 aromatic carbocycles. The zero-order chi connectivity index (χ0) is 16.6. The van der Waals surface area contributed by atoms with Gasteiger partial charge < -0.3 is 9.47 Å². The van der Waals surface area contributed by atoms with Crippen molar-refractivity contribution in [2.75, 3.05) is 25.7 Å². The third kappa shape index (κ3) is 2.98. The molecule has 23 heavy (non-hydrogen) atoms. The van der Waals surface area contributed by atoms with Crippen molar-refractivity contribution in [1.82, 2.24) is 9.78 Å². The molecule has 2 heterocycles. The monoisotopic (exact) mass is 338 g/mol. The minimum Gasteiger partial charge on any atom is -0.493 e. The fourth-order valence-electron chi connectivity index (χ4n) is 2.81. The van der Waals surface area contributed by atoms with E-state index < -0.39 is 9.84 Å². The van der Waals surface area contributed by atoms with Crippen molar-refractivity contribution in [3.05, 3.63) is 34.6 Å². The highest BCUT2D eigenvalue weighted by molar-refractivity contribution is 7.91. The number of hydrogen-bond acceptors (Lipinski definition) is 5. The maximum atomic E-state index is 12.2. The Bertz CT molecular complexity index is 882. The van der Waals surface area contributed by atoms with E-state index in [9.17, 15) is 13.2 Å². The molecule has 0 amide bonds. The van der Waals surface area contributed by atoms with Crippen molar-refractivity contribution >= 4 is 9.84 Å². The van der Waals surface area contributed by atoms with E-state index >= 15 is 0 Å². The largest absolute Gasteiger partial charge is 0.493 e. The van der Waals surface area contributed by atoms with Gasteiger partial charge in [-0.05, 0) is 24.6 Å². The van der Waals surface area contributed by atoms with E-state index in [2.05, 4.69) is 5.10 Å². The Morgan fingerprint density at radius 3 is 2.52 bits per heavy atom. The lowest BCUT2D eigenvalue weighted by Gasteiger charge is -2.10. The minimum absolute atomic E-state index is 0.00120. The van der Waals surface area contributed by atoms with Crippen LogP contribution in [-0.2, 0) is 9.84 Å². The maximum Gasteiger partial charge on any atom is 0.267 e. The van der Waals surface area contributed by atoms with Crippen LogP contribution in [0.3, 0.4) is 0 Å². The summed E-state index contributed by atoms with van der Waals surface area (Å²) in [6.45, 7) is 0. The zero-order valence-electron chi connectivity index (χ0n) is 12.9. The Morgan fingerprint density at radius 2 is 1.91 bits per heavy atom. The van der Waals surface area contributed by atoms with Crippen LogP contribution in [0, 0.1) is 0 Å². The summed E-state index contributed by atoms with van der Waals surface area (Å²) in [4.78, 5) is 12.2. The zero-order valence-corrected chi connectivity index (χ0v) is 13.7. The second-order valence-corrected chi connectivity index (χ2v) is 7.73. The average molecular weight is 338 g/mol. The molecule has 0 bridgehead atoms. The van der Waals surface area contributed by atoms with Crippen LogP contribution in [0.25, 0.3) is 11.3 Å². The highest BCUT2D eigenvalue weighted by Gasteiger charge is 2.30. The minimum atomic E-state index is -3.05. The SMILES string of the molecule is COc1ccc(-c2cc(=O)n([C@@H]3CCS(=O)(=O)C3)[nH]2)cc1OC. The van der Waals surface area contributed by atoms with E-state index in [0.29, 0.717) is 23.6 Å². The first-order valence-electron chi connectivity index (χ1n) is 7.18. The van der Waals surface area contributed by atoms with Gasteiger partial charge in [-0.2, -0.15) is 0 Å². The highest BCUT2D eigenvalue weighted by atomic mass is 32.2. The first-order chi connectivity index (χ1) is 10.9. The van der Waals surface area contributed by atoms with Crippen molar-refractivity contribution in [3.8, 4) is 22.8 Å². The Labute approximate surface area is 133 Å². The fourth-order valence-corrected chi connectivity index (χ4v) is 4.51. The molecule has 2 aromatic rings. The predicted molar refractivity (Wildman–Crippen MR) is 85.9 cm³/mol. The summed E-state index contributed by atoms with van der Waals surface area (Å²) in [5.74, 6) is 1.27. The van der Waals surface area contributed by atoms with Crippen LogP contribution in [0.1, 0.15) is 12.5 Å². The number of rotatable bonds is 4. The predicted octanol–water partition coefficient (Wildman–Crippen LogP) is 1.22. The second-order valence-electron chi connectivity index (χ2n) is 5.50. The molecule has 1 N–H and O–H groups in total. The molecule has 0 unspecified atom stereocenters. The summed E-state index contributed by atoms with van der Waals surface area (Å²) in [5.41, 5.74) is 1.14. The standard InChI is InChI=1S/C15H18N2O5S/c1-21-13-4-3-10(7-14(13)22-2)12-8-15(18)17(16-12)11-5-6-23(19,20)9-11/h3-4,7-8,11,16H,5-6,9H2,1-2H3/t11-/m1/s1. The average Bonchev–Trinajstić information content (AvgIpc) is 3.08. The van der Waals surface area contributed by atoms with Gasteiger partial charge in [0.2, 0.25) is 0 Å². The Hall–Kier alpha value is -2.22. The van der Waals surface area contributed by atoms with Crippen molar-refractivity contribution in [2.24, 2.45) is 0 Å². The van der Waals surface area contributed by atoms with Gasteiger partial charge in [0.25, 0.3) is 5.56 Å². The molecule has 1 fully saturated rings. The van der Waals surface area contributed by atoms with Crippen LogP contribution in [0.2, 0.25) is 0 Å². The second kappa shape index (κ2) is 5.77. The number of benzene rings is 1. The van der Waals surface area contributed by atoms with Crippen LogP contribution >= 0.6 is 0 Å². The lowest BCUT2D eigenvalue weighted by Crippen LogP contribution is -2.22. The van der Waals surface area contributed by atoms with E-state index in [0.717, 1.165) is 5.56 Å². The van der Waals surface area contributed by atoms with Crippen LogP contribution in [0.5, 0.6) is 11.5 Å². The molecule has 1 aliphatic rings. The van der Waals surface area contributed by atoms with Gasteiger partial charge in [-0.25, -0.2) is 13.1 Å². The molecular weight excluding hydrogens is 320 g/mol. The summed E-state index contributed by atoms with van der Waals surface area (Å²) in [5, 5.41) is 3.01. The third-order valence-corrected chi connectivity index (χ3v) is 5.76. The molecule has 8 heteroatoms. The van der Waals surface area contributed by atoms with E-state index in [-0.39, 0.29) is 23.1 Å². The molecule has 1 aliphatic heterocycles. The molecule has 0 spiro atoms. The molecule has 0 aliphatic carbocycles. The van der Waals surface area contributed by atoms with Crippen LogP contribution in [0.15, 0.2) is 29.1 Å². The van der Waals surface area contributed by atoms with Crippen molar-refractivity contribution in [3.63, 3.8) is 0 Å². The Balaban J connectivity index is 1.97. The fraction of sp³-hybridized carbons (Fsp3) is 0.400. The first-order valence-corrected chi connectivity index (χ1v) is 9.00. The molecule has 0 saturated carbocycles. The van der Waals surface area contributed by atoms with Crippen LogP contribution < -0.4 is 15.0 Å². The van der Waals surface area contributed by atoms with E-state index in [1.807, 2.05) is 6.07 Å². The third-order valence-electron chi connectivity index (χ3n) is 4.01. The summed E-state index contributed by atoms with van der Waals surface area (Å²) < 4.78 is 35.0. The molecule has 1 aromatic heterocycles. The van der Waals surface area contributed by atoms with Gasteiger partial charge >= 0.3 is 0 Å². The van der Waals surface area contributed by atoms with Gasteiger partial charge in [0, 0.05) is 11.6 Å².